The third kappa shape index (κ3) is 7.58. The molecule has 0 aromatic carbocycles. The van der Waals surface area contributed by atoms with Gasteiger partial charge >= 0.3 is 5.97 Å². The Kier molecular flexibility index (Phi) is 13.2. The summed E-state index contributed by atoms with van der Waals surface area (Å²) in [4.78, 5) is 13.1. The van der Waals surface area contributed by atoms with Crippen molar-refractivity contribution >= 4 is 5.97 Å². The second-order valence-electron chi connectivity index (χ2n) is 23.0. The van der Waals surface area contributed by atoms with Gasteiger partial charge in [0, 0.05) is 0 Å². The van der Waals surface area contributed by atoms with Crippen LogP contribution in [0.1, 0.15) is 113 Å². The minimum atomic E-state index is -1.82. The Balaban J connectivity index is 1.04. The van der Waals surface area contributed by atoms with Gasteiger partial charge in [0.05, 0.1) is 31.3 Å². The predicted octanol–water partition coefficient (Wildman–Crippen LogP) is 1.35. The number of hydrogen-bond acceptors (Lipinski definition) is 16. The smallest absolute Gasteiger partial charge is 0.310 e. The lowest BCUT2D eigenvalue weighted by atomic mass is 9.33. The van der Waals surface area contributed by atoms with Crippen molar-refractivity contribution < 1.29 is 84.3 Å². The zero-order valence-electron chi connectivity index (χ0n) is 38.5. The van der Waals surface area contributed by atoms with Crippen molar-refractivity contribution in [3.05, 3.63) is 11.6 Å². The first-order valence-electron chi connectivity index (χ1n) is 23.7. The Labute approximate surface area is 376 Å². The zero-order chi connectivity index (χ0) is 46.7. The van der Waals surface area contributed by atoms with E-state index in [4.69, 9.17) is 28.4 Å². The number of carbonyl (C=O) groups is 1. The molecule has 17 nitrogen and oxygen atoms in total. The van der Waals surface area contributed by atoms with E-state index in [-0.39, 0.29) is 40.1 Å². The Bertz CT molecular complexity index is 1740. The van der Waals surface area contributed by atoms with E-state index < -0.39 is 122 Å². The van der Waals surface area contributed by atoms with Crippen LogP contribution in [0.4, 0.5) is 0 Å². The first-order valence-corrected chi connectivity index (χ1v) is 23.7. The van der Waals surface area contributed by atoms with Crippen molar-refractivity contribution in [2.75, 3.05) is 19.8 Å². The molecule has 0 spiro atoms. The van der Waals surface area contributed by atoms with Crippen molar-refractivity contribution in [2.45, 2.75) is 205 Å². The van der Waals surface area contributed by atoms with Gasteiger partial charge < -0.3 is 79.5 Å². The van der Waals surface area contributed by atoms with Gasteiger partial charge in [-0.1, -0.05) is 60.1 Å². The second kappa shape index (κ2) is 17.2. The fourth-order valence-electron chi connectivity index (χ4n) is 14.8. The van der Waals surface area contributed by atoms with Gasteiger partial charge in [0.1, 0.15) is 67.1 Å². The van der Waals surface area contributed by atoms with Crippen molar-refractivity contribution in [1.82, 2.24) is 0 Å². The monoisotopic (exact) mass is 913 g/mol. The molecule has 3 saturated heterocycles. The van der Waals surface area contributed by atoms with Gasteiger partial charge in [-0.15, -0.1) is 0 Å². The lowest BCUT2D eigenvalue weighted by Gasteiger charge is -2.71. The molecular weight excluding hydrogens is 836 g/mol. The summed E-state index contributed by atoms with van der Waals surface area (Å²) in [5.74, 6) is -0.100. The number of aliphatic hydroxyl groups is 9. The number of ether oxygens (including phenoxy) is 6. The van der Waals surface area contributed by atoms with Gasteiger partial charge in [-0.25, -0.2) is 0 Å². The third-order valence-corrected chi connectivity index (χ3v) is 19.0. The average molecular weight is 913 g/mol. The summed E-state index contributed by atoms with van der Waals surface area (Å²) in [6.07, 6.45) is -11.7. The summed E-state index contributed by atoms with van der Waals surface area (Å²) in [5.41, 5.74) is -0.0156. The first-order chi connectivity index (χ1) is 29.9. The molecule has 8 rings (SSSR count). The SMILES string of the molecule is CC1(C)CC[C@]2(C(=O)O)CC[C@]3(C)C(=CCC4[C@@]5(C)CC[C@H](O[C@@H]6OC[C@H](O[C@@H]7O[C@H](CO)[C@@H](O)[C@H](O)[C@H]7O)[C@H](O)[C@H]6O[C@@H]6O[C@H](CO)[C@@H](O)[C@H](O)[C@H]6O)C(C)(C)C5CC[C@]43C)[C@@H]2C1. The minimum absolute atomic E-state index is 0.0163. The van der Waals surface area contributed by atoms with E-state index in [0.29, 0.717) is 25.2 Å². The highest BCUT2D eigenvalue weighted by molar-refractivity contribution is 5.76. The molecule has 8 aliphatic rings. The Hall–Kier alpha value is -1.39. The van der Waals surface area contributed by atoms with Gasteiger partial charge in [-0.2, -0.15) is 0 Å². The van der Waals surface area contributed by atoms with Crippen LogP contribution in [0, 0.1) is 50.2 Å². The highest BCUT2D eigenvalue weighted by atomic mass is 16.8. The molecule has 10 N–H and O–H groups in total. The first kappa shape index (κ1) is 49.0. The van der Waals surface area contributed by atoms with E-state index >= 15 is 0 Å². The molecule has 4 saturated carbocycles. The molecule has 7 fully saturated rings. The predicted molar refractivity (Wildman–Crippen MR) is 225 cm³/mol. The largest absolute Gasteiger partial charge is 0.481 e. The van der Waals surface area contributed by atoms with Crippen LogP contribution in [0.15, 0.2) is 11.6 Å². The van der Waals surface area contributed by atoms with Crippen LogP contribution in [0.2, 0.25) is 0 Å². The second-order valence-corrected chi connectivity index (χ2v) is 23.0. The van der Waals surface area contributed by atoms with Crippen molar-refractivity contribution in [1.29, 1.82) is 0 Å². The maximum atomic E-state index is 13.1. The van der Waals surface area contributed by atoms with Crippen LogP contribution < -0.4 is 0 Å². The molecule has 366 valence electrons. The van der Waals surface area contributed by atoms with Gasteiger partial charge in [0.15, 0.2) is 18.9 Å². The molecule has 0 radical (unpaired) electrons. The lowest BCUT2D eigenvalue weighted by molar-refractivity contribution is -0.382. The maximum Gasteiger partial charge on any atom is 0.310 e. The number of hydrogen-bond donors (Lipinski definition) is 10. The van der Waals surface area contributed by atoms with Gasteiger partial charge in [-0.3, -0.25) is 4.79 Å². The molecule has 0 aromatic heterocycles. The van der Waals surface area contributed by atoms with E-state index in [1.54, 1.807) is 0 Å². The highest BCUT2D eigenvalue weighted by Gasteiger charge is 2.70. The summed E-state index contributed by atoms with van der Waals surface area (Å²) >= 11 is 0. The Morgan fingerprint density at radius 1 is 0.672 bits per heavy atom. The number of allylic oxidation sites excluding steroid dienone is 2. The van der Waals surface area contributed by atoms with Crippen molar-refractivity contribution in [2.24, 2.45) is 50.2 Å². The Morgan fingerprint density at radius 2 is 1.27 bits per heavy atom. The number of carboxylic acid groups (broad SMARTS) is 1. The number of aliphatic carboxylic acids is 1. The summed E-state index contributed by atoms with van der Waals surface area (Å²) in [7, 11) is 0. The molecule has 17 heteroatoms. The van der Waals surface area contributed by atoms with Crippen molar-refractivity contribution in [3.8, 4) is 0 Å². The van der Waals surface area contributed by atoms with Gasteiger partial charge in [-0.05, 0) is 109 Å². The molecule has 3 aliphatic heterocycles. The molecular formula is C47H76O17. The fourth-order valence-corrected chi connectivity index (χ4v) is 14.8. The summed E-state index contributed by atoms with van der Waals surface area (Å²) in [6.45, 7) is 14.6. The summed E-state index contributed by atoms with van der Waals surface area (Å²) in [6, 6.07) is 0. The fraction of sp³-hybridized carbons (Fsp3) is 0.936. The van der Waals surface area contributed by atoms with Crippen LogP contribution in [-0.2, 0) is 33.2 Å². The number of rotatable bonds is 9. The van der Waals surface area contributed by atoms with Gasteiger partial charge in [0.2, 0.25) is 0 Å². The van der Waals surface area contributed by atoms with E-state index in [9.17, 15) is 55.9 Å². The zero-order valence-corrected chi connectivity index (χ0v) is 38.5. The number of aliphatic hydroxyl groups excluding tert-OH is 9. The summed E-state index contributed by atoms with van der Waals surface area (Å²) in [5, 5.41) is 106. The maximum absolute atomic E-state index is 13.1. The standard InChI is InChI=1S/C47H76O17/c1-42(2)14-16-47(41(57)58)17-15-45(6)22(23(47)18-42)8-9-28-44(5)12-11-29(43(3,4)27(44)10-13-46(28,45)7)63-40-37(64-39-36(56)34(54)31(51)25(20-49)61-39)32(52)26(21-59-40)62-38-35(55)33(53)30(50)24(19-48)60-38/h8,23-40,48-56H,9-21H2,1-7H3,(H,57,58)/t23-,24+,25+,26-,27?,28?,29-,30+,31+,32-,33-,34-,35+,36+,37+,38-,39-,40-,44-,45+,46+,47-/m0/s1. The normalized spacial score (nSPS) is 53.5. The summed E-state index contributed by atoms with van der Waals surface area (Å²) < 4.78 is 36.5. The van der Waals surface area contributed by atoms with Crippen LogP contribution in [0.25, 0.3) is 0 Å². The van der Waals surface area contributed by atoms with Gasteiger partial charge in [0.25, 0.3) is 0 Å². The molecule has 0 aromatic rings. The van der Waals surface area contributed by atoms with Crippen LogP contribution in [-0.4, -0.2) is 169 Å². The third-order valence-electron chi connectivity index (χ3n) is 19.0. The van der Waals surface area contributed by atoms with E-state index in [2.05, 4.69) is 54.5 Å². The quantitative estimate of drug-likeness (QED) is 0.116. The number of carboxylic acids is 1. The Morgan fingerprint density at radius 3 is 1.86 bits per heavy atom. The van der Waals surface area contributed by atoms with E-state index in [1.807, 2.05) is 0 Å². The molecule has 3 heterocycles. The lowest BCUT2D eigenvalue weighted by Crippen LogP contribution is -2.66. The molecule has 5 aliphatic carbocycles. The molecule has 22 atom stereocenters. The van der Waals surface area contributed by atoms with Crippen LogP contribution >= 0.6 is 0 Å². The minimum Gasteiger partial charge on any atom is -0.481 e. The topological polar surface area (TPSA) is 275 Å². The van der Waals surface area contributed by atoms with Crippen LogP contribution in [0.3, 0.4) is 0 Å². The molecule has 2 unspecified atom stereocenters. The number of fused-ring (bicyclic) bond motifs is 7. The van der Waals surface area contributed by atoms with Crippen LogP contribution in [0.5, 0.6) is 0 Å². The van der Waals surface area contributed by atoms with E-state index in [1.165, 1.54) is 5.57 Å². The van der Waals surface area contributed by atoms with E-state index in [0.717, 1.165) is 44.9 Å². The average Bonchev–Trinajstić information content (AvgIpc) is 3.23. The van der Waals surface area contributed by atoms with Crippen molar-refractivity contribution in [3.63, 3.8) is 0 Å². The molecule has 0 bridgehead atoms. The highest BCUT2D eigenvalue weighted by Crippen LogP contribution is 2.76. The molecule has 64 heavy (non-hydrogen) atoms. The molecule has 0 amide bonds.